The summed E-state index contributed by atoms with van der Waals surface area (Å²) in [5.41, 5.74) is 1.12. The van der Waals surface area contributed by atoms with Gasteiger partial charge in [0.25, 0.3) is 5.91 Å². The summed E-state index contributed by atoms with van der Waals surface area (Å²) in [6, 6.07) is 10.3. The summed E-state index contributed by atoms with van der Waals surface area (Å²) in [4.78, 5) is 31.6. The molecule has 0 radical (unpaired) electrons. The molecule has 3 aromatic rings. The van der Waals surface area contributed by atoms with Crippen molar-refractivity contribution in [3.8, 4) is 17.3 Å². The fraction of sp³-hybridized carbons (Fsp3) is 0.333. The van der Waals surface area contributed by atoms with Crippen molar-refractivity contribution >= 4 is 17.4 Å². The van der Waals surface area contributed by atoms with Crippen LogP contribution in [-0.4, -0.2) is 44.1 Å². The fourth-order valence-electron chi connectivity index (χ4n) is 5.08. The van der Waals surface area contributed by atoms with Crippen LogP contribution in [0.25, 0.3) is 17.3 Å². The molecular weight excluding hydrogens is 388 g/mol. The molecule has 1 aromatic carbocycles. The molecule has 4 heterocycles. The van der Waals surface area contributed by atoms with Crippen molar-refractivity contribution < 1.29 is 4.79 Å². The molecule has 0 aliphatic carbocycles. The number of benzene rings is 1. The van der Waals surface area contributed by atoms with E-state index in [-0.39, 0.29) is 11.9 Å². The second-order valence-electron chi connectivity index (χ2n) is 8.23. The number of hydrogen-bond acceptors (Lipinski definition) is 5. The molecule has 0 unspecified atom stereocenters. The Balaban J connectivity index is 1.67. The molecule has 2 aliphatic heterocycles. The van der Waals surface area contributed by atoms with Gasteiger partial charge in [-0.1, -0.05) is 43.3 Å². The summed E-state index contributed by atoms with van der Waals surface area (Å²) >= 11 is 0. The van der Waals surface area contributed by atoms with Crippen molar-refractivity contribution in [1.29, 1.82) is 0 Å². The van der Waals surface area contributed by atoms with E-state index in [1.807, 2.05) is 54.2 Å². The highest BCUT2D eigenvalue weighted by Gasteiger charge is 2.56. The molecule has 2 atom stereocenters. The van der Waals surface area contributed by atoms with Gasteiger partial charge in [0.15, 0.2) is 5.82 Å². The first-order valence-corrected chi connectivity index (χ1v) is 10.8. The second kappa shape index (κ2) is 7.34. The zero-order valence-corrected chi connectivity index (χ0v) is 17.9. The van der Waals surface area contributed by atoms with Crippen LogP contribution in [0.15, 0.2) is 61.6 Å². The molecular formula is C24H26N6O. The van der Waals surface area contributed by atoms with Crippen molar-refractivity contribution in [2.45, 2.75) is 44.2 Å². The van der Waals surface area contributed by atoms with Gasteiger partial charge >= 0.3 is 0 Å². The van der Waals surface area contributed by atoms with Crippen LogP contribution in [0.1, 0.15) is 32.6 Å². The molecule has 0 N–H and O–H groups in total. The van der Waals surface area contributed by atoms with Crippen LogP contribution in [0.4, 0.5) is 11.5 Å². The molecule has 1 fully saturated rings. The van der Waals surface area contributed by atoms with E-state index in [9.17, 15) is 4.79 Å². The van der Waals surface area contributed by atoms with Gasteiger partial charge in [-0.3, -0.25) is 9.36 Å². The zero-order chi connectivity index (χ0) is 21.6. The van der Waals surface area contributed by atoms with E-state index in [1.165, 1.54) is 0 Å². The lowest BCUT2D eigenvalue weighted by atomic mass is 9.88. The van der Waals surface area contributed by atoms with E-state index < -0.39 is 5.54 Å². The Labute approximate surface area is 182 Å². The van der Waals surface area contributed by atoms with Crippen LogP contribution in [-0.2, 0) is 4.79 Å². The minimum atomic E-state index is -0.618. The second-order valence-corrected chi connectivity index (χ2v) is 8.23. The first kappa shape index (κ1) is 19.5. The number of likely N-dealkylation sites (N-methyl/N-ethyl adjacent to an activating group) is 1. The van der Waals surface area contributed by atoms with E-state index in [4.69, 9.17) is 4.98 Å². The van der Waals surface area contributed by atoms with Crippen molar-refractivity contribution in [2.24, 2.45) is 0 Å². The smallest absolute Gasteiger partial charge is 0.253 e. The fourth-order valence-corrected chi connectivity index (χ4v) is 5.08. The molecule has 0 bridgehead atoms. The molecule has 7 heteroatoms. The van der Waals surface area contributed by atoms with Crippen LogP contribution < -0.4 is 9.80 Å². The molecule has 158 valence electrons. The Morgan fingerprint density at radius 2 is 2.06 bits per heavy atom. The number of amides is 1. The summed E-state index contributed by atoms with van der Waals surface area (Å²) in [6.45, 7) is 6.11. The normalized spacial score (nSPS) is 22.4. The highest BCUT2D eigenvalue weighted by molar-refractivity contribution is 6.08. The number of nitrogens with zero attached hydrogens (tertiary/aromatic N) is 6. The Morgan fingerprint density at radius 1 is 1.26 bits per heavy atom. The number of aromatic nitrogens is 4. The standard InChI is InChI=1S/C24H26N6O/c1-4-12-24-13-11-18(5-2)30(24)21-19(28(3)22(24)31)16-26-23(27-21)29-15-14-25-20(29)17-9-7-6-8-10-17/h4,6-10,14-16,18H,1,5,11-13H2,2-3H3/t18-,24+/m1/s1. The van der Waals surface area contributed by atoms with Gasteiger partial charge in [-0.2, -0.15) is 4.98 Å². The molecule has 1 amide bonds. The van der Waals surface area contributed by atoms with Gasteiger partial charge in [0.05, 0.1) is 6.20 Å². The highest BCUT2D eigenvalue weighted by Crippen LogP contribution is 2.49. The molecule has 0 saturated carbocycles. The van der Waals surface area contributed by atoms with Crippen LogP contribution in [0.3, 0.4) is 0 Å². The van der Waals surface area contributed by atoms with Gasteiger partial charge in [0.1, 0.15) is 17.1 Å². The van der Waals surface area contributed by atoms with Crippen LogP contribution in [0.5, 0.6) is 0 Å². The number of anilines is 2. The summed E-state index contributed by atoms with van der Waals surface area (Å²) in [5, 5.41) is 0. The number of imidazole rings is 1. The average Bonchev–Trinajstić information content (AvgIpc) is 3.44. The van der Waals surface area contributed by atoms with Gasteiger partial charge in [-0.25, -0.2) is 9.97 Å². The maximum atomic E-state index is 13.5. The van der Waals surface area contributed by atoms with Crippen LogP contribution in [0.2, 0.25) is 0 Å². The first-order valence-electron chi connectivity index (χ1n) is 10.8. The molecule has 31 heavy (non-hydrogen) atoms. The molecule has 2 aromatic heterocycles. The van der Waals surface area contributed by atoms with Gasteiger partial charge < -0.3 is 9.80 Å². The minimum Gasteiger partial charge on any atom is -0.337 e. The maximum absolute atomic E-state index is 13.5. The largest absolute Gasteiger partial charge is 0.337 e. The number of carbonyl (C=O) groups excluding carboxylic acids is 1. The zero-order valence-electron chi connectivity index (χ0n) is 17.9. The first-order chi connectivity index (χ1) is 15.1. The van der Waals surface area contributed by atoms with Crippen molar-refractivity contribution in [3.05, 3.63) is 61.6 Å². The molecule has 7 nitrogen and oxygen atoms in total. The van der Waals surface area contributed by atoms with Crippen LogP contribution >= 0.6 is 0 Å². The van der Waals surface area contributed by atoms with Crippen molar-refractivity contribution in [1.82, 2.24) is 19.5 Å². The minimum absolute atomic E-state index is 0.0970. The quantitative estimate of drug-likeness (QED) is 0.591. The maximum Gasteiger partial charge on any atom is 0.253 e. The Hall–Kier alpha value is -3.48. The third-order valence-electron chi connectivity index (χ3n) is 6.59. The average molecular weight is 415 g/mol. The Kier molecular flexibility index (Phi) is 4.61. The van der Waals surface area contributed by atoms with Gasteiger partial charge in [-0.05, 0) is 25.7 Å². The van der Waals surface area contributed by atoms with E-state index in [0.29, 0.717) is 12.4 Å². The van der Waals surface area contributed by atoms with Gasteiger partial charge in [0.2, 0.25) is 5.95 Å². The molecule has 5 rings (SSSR count). The molecule has 1 saturated heterocycles. The van der Waals surface area contributed by atoms with Crippen molar-refractivity contribution in [3.63, 3.8) is 0 Å². The Bertz CT molecular complexity index is 1140. The van der Waals surface area contributed by atoms with E-state index >= 15 is 0 Å². The van der Waals surface area contributed by atoms with E-state index in [0.717, 1.165) is 42.2 Å². The molecule has 0 spiro atoms. The Morgan fingerprint density at radius 3 is 2.81 bits per heavy atom. The number of carbonyl (C=O) groups is 1. The summed E-state index contributed by atoms with van der Waals surface area (Å²) in [6.07, 6.45) is 10.6. The van der Waals surface area contributed by atoms with Gasteiger partial charge in [0, 0.05) is 31.0 Å². The van der Waals surface area contributed by atoms with Crippen molar-refractivity contribution in [2.75, 3.05) is 16.8 Å². The topological polar surface area (TPSA) is 67.2 Å². The third kappa shape index (κ3) is 2.80. The van der Waals surface area contributed by atoms with E-state index in [2.05, 4.69) is 28.4 Å². The lowest BCUT2D eigenvalue weighted by Gasteiger charge is -2.47. The number of hydrogen-bond donors (Lipinski definition) is 0. The SMILES string of the molecule is C=CC[C@@]12CC[C@@H](CC)N1c1nc(-n3ccnc3-c3ccccc3)ncc1N(C)C2=O. The van der Waals surface area contributed by atoms with Gasteiger partial charge in [-0.15, -0.1) is 6.58 Å². The lowest BCUT2D eigenvalue weighted by molar-refractivity contribution is -0.123. The lowest BCUT2D eigenvalue weighted by Crippen LogP contribution is -2.61. The summed E-state index contributed by atoms with van der Waals surface area (Å²) in [5.74, 6) is 2.24. The monoisotopic (exact) mass is 414 g/mol. The summed E-state index contributed by atoms with van der Waals surface area (Å²) < 4.78 is 1.90. The summed E-state index contributed by atoms with van der Waals surface area (Å²) in [7, 11) is 1.82. The van der Waals surface area contributed by atoms with E-state index in [1.54, 1.807) is 17.3 Å². The molecule has 2 aliphatic rings. The third-order valence-corrected chi connectivity index (χ3v) is 6.59. The predicted molar refractivity (Wildman–Crippen MR) is 121 cm³/mol. The highest BCUT2D eigenvalue weighted by atomic mass is 16.2. The predicted octanol–water partition coefficient (Wildman–Crippen LogP) is 4.00. The number of fused-ring (bicyclic) bond motifs is 3. The number of rotatable bonds is 5. The van der Waals surface area contributed by atoms with Crippen LogP contribution in [0, 0.1) is 0 Å².